The molecule has 9 nitrogen and oxygen atoms in total. The number of rotatable bonds is 6. The smallest absolute Gasteiger partial charge is 0.320 e. The van der Waals surface area contributed by atoms with Crippen molar-refractivity contribution in [3.05, 3.63) is 29.8 Å². The minimum atomic E-state index is -1.52. The number of ether oxygens (including phenoxy) is 2. The van der Waals surface area contributed by atoms with Crippen LogP contribution in [0.15, 0.2) is 24.3 Å². The van der Waals surface area contributed by atoms with Crippen LogP contribution in [0.1, 0.15) is 5.56 Å². The summed E-state index contributed by atoms with van der Waals surface area (Å²) in [7, 11) is 0. The summed E-state index contributed by atoms with van der Waals surface area (Å²) in [5.41, 5.74) is 6.14. The number of hydrogen-bond acceptors (Lipinski definition) is 8. The minimum absolute atomic E-state index is 0.148. The molecule has 1 aliphatic heterocycles. The first-order chi connectivity index (χ1) is 11.3. The lowest BCUT2D eigenvalue weighted by Crippen LogP contribution is -2.60. The molecule has 1 aromatic carbocycles. The van der Waals surface area contributed by atoms with Gasteiger partial charge in [-0.1, -0.05) is 12.1 Å². The largest absolute Gasteiger partial charge is 0.480 e. The number of benzene rings is 1. The Kier molecular flexibility index (Phi) is 6.10. The zero-order valence-electron chi connectivity index (χ0n) is 12.7. The molecule has 2 rings (SSSR count). The van der Waals surface area contributed by atoms with Gasteiger partial charge in [-0.2, -0.15) is 0 Å². The van der Waals surface area contributed by atoms with Gasteiger partial charge < -0.3 is 40.7 Å². The number of carbonyl (C=O) groups is 1. The summed E-state index contributed by atoms with van der Waals surface area (Å²) >= 11 is 0. The summed E-state index contributed by atoms with van der Waals surface area (Å²) in [6.45, 7) is -0.545. The summed E-state index contributed by atoms with van der Waals surface area (Å²) in [4.78, 5) is 10.7. The maximum absolute atomic E-state index is 10.7. The van der Waals surface area contributed by atoms with Crippen LogP contribution in [0, 0.1) is 0 Å². The third-order valence-electron chi connectivity index (χ3n) is 3.80. The van der Waals surface area contributed by atoms with Crippen LogP contribution >= 0.6 is 0 Å². The van der Waals surface area contributed by atoms with Crippen LogP contribution in [-0.2, 0) is 16.0 Å². The van der Waals surface area contributed by atoms with E-state index in [1.54, 1.807) is 12.1 Å². The van der Waals surface area contributed by atoms with Crippen LogP contribution < -0.4 is 10.5 Å². The molecule has 1 aliphatic rings. The fraction of sp³-hybridized carbons (Fsp3) is 0.533. The van der Waals surface area contributed by atoms with Gasteiger partial charge in [0, 0.05) is 0 Å². The Morgan fingerprint density at radius 1 is 1.17 bits per heavy atom. The summed E-state index contributed by atoms with van der Waals surface area (Å²) < 4.78 is 10.7. The first-order valence-electron chi connectivity index (χ1n) is 7.38. The Hall–Kier alpha value is -1.75. The molecule has 1 saturated heterocycles. The Bertz CT molecular complexity index is 549. The molecule has 0 spiro atoms. The molecule has 6 atom stereocenters. The number of aliphatic hydroxyl groups is 4. The van der Waals surface area contributed by atoms with Crippen LogP contribution in [0.3, 0.4) is 0 Å². The highest BCUT2D eigenvalue weighted by Gasteiger charge is 2.44. The van der Waals surface area contributed by atoms with Crippen LogP contribution in [0.25, 0.3) is 0 Å². The predicted octanol–water partition coefficient (Wildman–Crippen LogP) is -2.18. The SMILES string of the molecule is N[C@H](Cc1ccc(OC2O[C@H](CO)[C@H](O)[C@H](O)[C@H]2O)cc1)C(=O)O. The molecule has 9 heteroatoms. The van der Waals surface area contributed by atoms with Crippen molar-refractivity contribution in [2.24, 2.45) is 5.73 Å². The van der Waals surface area contributed by atoms with Crippen molar-refractivity contribution in [1.29, 1.82) is 0 Å². The number of hydrogen-bond donors (Lipinski definition) is 6. The molecule has 7 N–H and O–H groups in total. The lowest BCUT2D eigenvalue weighted by atomic mass is 9.99. The summed E-state index contributed by atoms with van der Waals surface area (Å²) in [6.07, 6.45) is -6.65. The second-order valence-corrected chi connectivity index (χ2v) is 5.61. The first kappa shape index (κ1) is 18.6. The molecule has 1 unspecified atom stereocenters. The monoisotopic (exact) mass is 343 g/mol. The van der Waals surface area contributed by atoms with Crippen molar-refractivity contribution in [1.82, 2.24) is 0 Å². The highest BCUT2D eigenvalue weighted by molar-refractivity contribution is 5.73. The number of nitrogens with two attached hydrogens (primary N) is 1. The third kappa shape index (κ3) is 4.20. The molecule has 1 aromatic rings. The number of carboxylic acid groups (broad SMARTS) is 1. The topological polar surface area (TPSA) is 163 Å². The molecule has 0 saturated carbocycles. The van der Waals surface area contributed by atoms with Crippen LogP contribution in [0.5, 0.6) is 5.75 Å². The van der Waals surface area contributed by atoms with Gasteiger partial charge in [0.15, 0.2) is 0 Å². The highest BCUT2D eigenvalue weighted by Crippen LogP contribution is 2.24. The zero-order chi connectivity index (χ0) is 17.9. The molecule has 0 amide bonds. The first-order valence-corrected chi connectivity index (χ1v) is 7.38. The molecule has 0 aromatic heterocycles. The van der Waals surface area contributed by atoms with E-state index in [1.165, 1.54) is 12.1 Å². The lowest BCUT2D eigenvalue weighted by Gasteiger charge is -2.39. The van der Waals surface area contributed by atoms with Crippen molar-refractivity contribution in [2.75, 3.05) is 6.61 Å². The van der Waals surface area contributed by atoms with E-state index >= 15 is 0 Å². The van der Waals surface area contributed by atoms with Crippen LogP contribution in [0.2, 0.25) is 0 Å². The maximum Gasteiger partial charge on any atom is 0.320 e. The fourth-order valence-electron chi connectivity index (χ4n) is 2.34. The van der Waals surface area contributed by atoms with Crippen molar-refractivity contribution < 1.29 is 39.8 Å². The van der Waals surface area contributed by atoms with Crippen LogP contribution in [-0.4, -0.2) is 74.9 Å². The molecule has 134 valence electrons. The van der Waals surface area contributed by atoms with Crippen molar-refractivity contribution in [3.8, 4) is 5.75 Å². The molecule has 24 heavy (non-hydrogen) atoms. The average molecular weight is 343 g/mol. The van der Waals surface area contributed by atoms with Gasteiger partial charge in [-0.3, -0.25) is 4.79 Å². The van der Waals surface area contributed by atoms with Gasteiger partial charge in [0.25, 0.3) is 0 Å². The van der Waals surface area contributed by atoms with Gasteiger partial charge in [-0.05, 0) is 24.1 Å². The molecular formula is C15H21NO8. The number of aliphatic carboxylic acids is 1. The van der Waals surface area contributed by atoms with E-state index in [4.69, 9.17) is 25.4 Å². The second-order valence-electron chi connectivity index (χ2n) is 5.61. The van der Waals surface area contributed by atoms with Gasteiger partial charge >= 0.3 is 5.97 Å². The van der Waals surface area contributed by atoms with Crippen LogP contribution in [0.4, 0.5) is 0 Å². The highest BCUT2D eigenvalue weighted by atomic mass is 16.7. The Morgan fingerprint density at radius 2 is 1.79 bits per heavy atom. The standard InChI is InChI=1S/C15H21NO8/c16-9(14(21)22)5-7-1-3-8(4-2-7)23-15-13(20)12(19)11(18)10(6-17)24-15/h1-4,9-13,15,17-20H,5-6,16H2,(H,21,22)/t9-,10-,11+,12+,13-,15?/m1/s1. The second kappa shape index (κ2) is 7.88. The van der Waals surface area contributed by atoms with E-state index < -0.39 is 49.3 Å². The van der Waals surface area contributed by atoms with Gasteiger partial charge in [-0.25, -0.2) is 0 Å². The van der Waals surface area contributed by atoms with E-state index in [0.29, 0.717) is 11.3 Å². The van der Waals surface area contributed by atoms with E-state index in [9.17, 15) is 20.1 Å². The zero-order valence-corrected chi connectivity index (χ0v) is 12.7. The quantitative estimate of drug-likeness (QED) is 0.337. The molecule has 1 heterocycles. The van der Waals surface area contributed by atoms with E-state index in [-0.39, 0.29) is 6.42 Å². The molecular weight excluding hydrogens is 322 g/mol. The Morgan fingerprint density at radius 3 is 2.33 bits per heavy atom. The molecule has 0 aliphatic carbocycles. The van der Waals surface area contributed by atoms with Gasteiger partial charge in [0.1, 0.15) is 36.2 Å². The minimum Gasteiger partial charge on any atom is -0.480 e. The number of carboxylic acids is 1. The molecule has 0 bridgehead atoms. The average Bonchev–Trinajstić information content (AvgIpc) is 2.56. The summed E-state index contributed by atoms with van der Waals surface area (Å²) in [6, 6.07) is 5.28. The third-order valence-corrected chi connectivity index (χ3v) is 3.80. The number of aliphatic hydroxyl groups excluding tert-OH is 4. The molecule has 1 fully saturated rings. The normalized spacial score (nSPS) is 31.5. The maximum atomic E-state index is 10.7. The molecule has 0 radical (unpaired) electrons. The van der Waals surface area contributed by atoms with Gasteiger partial charge in [-0.15, -0.1) is 0 Å². The van der Waals surface area contributed by atoms with Crippen molar-refractivity contribution in [2.45, 2.75) is 43.2 Å². The van der Waals surface area contributed by atoms with E-state index in [0.717, 1.165) is 0 Å². The fourth-order valence-corrected chi connectivity index (χ4v) is 2.34. The van der Waals surface area contributed by atoms with E-state index in [1.807, 2.05) is 0 Å². The van der Waals surface area contributed by atoms with Gasteiger partial charge in [0.2, 0.25) is 6.29 Å². The van der Waals surface area contributed by atoms with Gasteiger partial charge in [0.05, 0.1) is 6.61 Å². The summed E-state index contributed by atoms with van der Waals surface area (Å²) in [5.74, 6) is -0.802. The van der Waals surface area contributed by atoms with E-state index in [2.05, 4.69) is 0 Å². The summed E-state index contributed by atoms with van der Waals surface area (Å²) in [5, 5.41) is 47.2. The van der Waals surface area contributed by atoms with Crippen molar-refractivity contribution in [3.63, 3.8) is 0 Å². The Balaban J connectivity index is 2.01. The lowest BCUT2D eigenvalue weighted by molar-refractivity contribution is -0.277. The van der Waals surface area contributed by atoms with Crippen molar-refractivity contribution >= 4 is 5.97 Å². The Labute approximate surface area is 137 Å². The predicted molar refractivity (Wildman–Crippen MR) is 80.2 cm³/mol.